The molecule has 92 valence electrons. The van der Waals surface area contributed by atoms with E-state index in [0.717, 1.165) is 3.57 Å². The number of nitrogens with two attached hydrogens (primary N) is 1. The van der Waals surface area contributed by atoms with Crippen LogP contribution in [0.3, 0.4) is 0 Å². The summed E-state index contributed by atoms with van der Waals surface area (Å²) in [6, 6.07) is 9.69. The van der Waals surface area contributed by atoms with Gasteiger partial charge in [-0.15, -0.1) is 0 Å². The second-order valence-electron chi connectivity index (χ2n) is 3.38. The van der Waals surface area contributed by atoms with Crippen molar-refractivity contribution in [3.8, 4) is 11.6 Å². The predicted octanol–water partition coefficient (Wildman–Crippen LogP) is 2.97. The van der Waals surface area contributed by atoms with Crippen LogP contribution in [0.1, 0.15) is 0 Å². The Balaban J connectivity index is 2.35. The van der Waals surface area contributed by atoms with Crippen molar-refractivity contribution in [3.05, 3.63) is 50.1 Å². The topological polar surface area (TPSA) is 91.3 Å². The van der Waals surface area contributed by atoms with Crippen LogP contribution in [0.5, 0.6) is 11.6 Å². The number of anilines is 1. The third-order valence-electron chi connectivity index (χ3n) is 2.07. The number of benzene rings is 1. The average Bonchev–Trinajstić information content (AvgIpc) is 2.31. The fourth-order valence-electron chi connectivity index (χ4n) is 1.31. The molecule has 18 heavy (non-hydrogen) atoms. The third-order valence-corrected chi connectivity index (χ3v) is 2.96. The van der Waals surface area contributed by atoms with Crippen LogP contribution in [0.15, 0.2) is 36.4 Å². The summed E-state index contributed by atoms with van der Waals surface area (Å²) in [5, 5.41) is 10.7. The van der Waals surface area contributed by atoms with E-state index in [1.807, 2.05) is 12.1 Å². The molecule has 0 amide bonds. The van der Waals surface area contributed by atoms with Gasteiger partial charge in [-0.3, -0.25) is 10.1 Å². The second-order valence-corrected chi connectivity index (χ2v) is 4.54. The smallest absolute Gasteiger partial charge is 0.278 e. The van der Waals surface area contributed by atoms with E-state index in [1.165, 1.54) is 12.1 Å². The van der Waals surface area contributed by atoms with Gasteiger partial charge in [-0.2, -0.15) is 4.98 Å². The molecular formula is C11H8IN3O3. The number of halogens is 1. The number of nitro groups is 1. The molecule has 2 rings (SSSR count). The van der Waals surface area contributed by atoms with Crippen molar-refractivity contribution < 1.29 is 9.66 Å². The number of hydrogen-bond acceptors (Lipinski definition) is 5. The molecule has 1 aromatic carbocycles. The van der Waals surface area contributed by atoms with Gasteiger partial charge in [-0.1, -0.05) is 12.1 Å². The van der Waals surface area contributed by atoms with Crippen molar-refractivity contribution in [1.29, 1.82) is 0 Å². The van der Waals surface area contributed by atoms with Crippen LogP contribution < -0.4 is 10.5 Å². The molecule has 0 fully saturated rings. The Labute approximate surface area is 116 Å². The molecule has 0 radical (unpaired) electrons. The minimum absolute atomic E-state index is 0.0464. The molecule has 0 saturated heterocycles. The molecule has 0 atom stereocenters. The number of rotatable bonds is 3. The molecule has 0 aliphatic carbocycles. The number of ether oxygens (including phenoxy) is 1. The summed E-state index contributed by atoms with van der Waals surface area (Å²) in [6.07, 6.45) is 0. The molecule has 1 aromatic heterocycles. The molecule has 7 heteroatoms. The minimum atomic E-state index is -0.541. The maximum absolute atomic E-state index is 10.7. The van der Waals surface area contributed by atoms with Crippen LogP contribution in [-0.4, -0.2) is 9.91 Å². The zero-order valence-electron chi connectivity index (χ0n) is 9.04. The number of hydrogen-bond donors (Lipinski definition) is 1. The monoisotopic (exact) mass is 357 g/mol. The standard InChI is InChI=1S/C11H8IN3O3/c12-8-3-1-2-4-9(8)18-11-6-7(15(16)17)5-10(13)14-11/h1-6H,(H2,13,14). The molecule has 0 aliphatic rings. The van der Waals surface area contributed by atoms with E-state index in [2.05, 4.69) is 27.6 Å². The molecule has 0 spiro atoms. The lowest BCUT2D eigenvalue weighted by atomic mass is 10.3. The van der Waals surface area contributed by atoms with Gasteiger partial charge in [0.1, 0.15) is 11.6 Å². The number of aromatic nitrogens is 1. The van der Waals surface area contributed by atoms with Crippen LogP contribution in [0.25, 0.3) is 0 Å². The minimum Gasteiger partial charge on any atom is -0.438 e. The summed E-state index contributed by atoms with van der Waals surface area (Å²) in [4.78, 5) is 14.0. The Morgan fingerprint density at radius 3 is 2.72 bits per heavy atom. The van der Waals surface area contributed by atoms with Gasteiger partial charge in [0.15, 0.2) is 0 Å². The zero-order valence-corrected chi connectivity index (χ0v) is 11.2. The fraction of sp³-hybridized carbons (Fsp3) is 0. The number of nitrogen functional groups attached to an aromatic ring is 1. The van der Waals surface area contributed by atoms with E-state index in [0.29, 0.717) is 5.75 Å². The molecule has 2 N–H and O–H groups in total. The van der Waals surface area contributed by atoms with Crippen LogP contribution >= 0.6 is 22.6 Å². The largest absolute Gasteiger partial charge is 0.438 e. The number of para-hydroxylation sites is 1. The van der Waals surface area contributed by atoms with Crippen molar-refractivity contribution in [2.75, 3.05) is 5.73 Å². The Morgan fingerprint density at radius 2 is 2.06 bits per heavy atom. The van der Waals surface area contributed by atoms with Gasteiger partial charge in [0.2, 0.25) is 5.88 Å². The maximum atomic E-state index is 10.7. The second kappa shape index (κ2) is 5.17. The highest BCUT2D eigenvalue weighted by atomic mass is 127. The quantitative estimate of drug-likeness (QED) is 0.518. The summed E-state index contributed by atoms with van der Waals surface area (Å²) >= 11 is 2.10. The summed E-state index contributed by atoms with van der Waals surface area (Å²) < 4.78 is 6.35. The lowest BCUT2D eigenvalue weighted by molar-refractivity contribution is -0.384. The lowest BCUT2D eigenvalue weighted by Crippen LogP contribution is -1.97. The SMILES string of the molecule is Nc1cc([N+](=O)[O-])cc(Oc2ccccc2I)n1. The van der Waals surface area contributed by atoms with E-state index >= 15 is 0 Å². The van der Waals surface area contributed by atoms with Crippen molar-refractivity contribution in [1.82, 2.24) is 4.98 Å². The normalized spacial score (nSPS) is 10.1. The summed E-state index contributed by atoms with van der Waals surface area (Å²) in [7, 11) is 0. The van der Waals surface area contributed by atoms with Crippen LogP contribution in [0.2, 0.25) is 0 Å². The lowest BCUT2D eigenvalue weighted by Gasteiger charge is -2.06. The highest BCUT2D eigenvalue weighted by molar-refractivity contribution is 14.1. The van der Waals surface area contributed by atoms with Crippen LogP contribution in [0, 0.1) is 13.7 Å². The molecule has 1 heterocycles. The summed E-state index contributed by atoms with van der Waals surface area (Å²) in [6.45, 7) is 0. The van der Waals surface area contributed by atoms with Crippen molar-refractivity contribution >= 4 is 34.1 Å². The van der Waals surface area contributed by atoms with Gasteiger partial charge in [-0.25, -0.2) is 0 Å². The molecule has 0 aliphatic heterocycles. The van der Waals surface area contributed by atoms with Crippen LogP contribution in [-0.2, 0) is 0 Å². The molecular weight excluding hydrogens is 349 g/mol. The van der Waals surface area contributed by atoms with Crippen molar-refractivity contribution in [2.24, 2.45) is 0 Å². The Bertz CT molecular complexity index is 604. The highest BCUT2D eigenvalue weighted by Crippen LogP contribution is 2.28. The van der Waals surface area contributed by atoms with Gasteiger partial charge in [0.25, 0.3) is 5.69 Å². The predicted molar refractivity (Wildman–Crippen MR) is 74.5 cm³/mol. The molecule has 6 nitrogen and oxygen atoms in total. The van der Waals surface area contributed by atoms with Gasteiger partial charge in [0.05, 0.1) is 20.6 Å². The molecule has 2 aromatic rings. The number of nitrogens with zero attached hydrogens (tertiary/aromatic N) is 2. The average molecular weight is 357 g/mol. The van der Waals surface area contributed by atoms with Crippen molar-refractivity contribution in [3.63, 3.8) is 0 Å². The zero-order chi connectivity index (χ0) is 13.1. The van der Waals surface area contributed by atoms with Gasteiger partial charge in [-0.05, 0) is 34.7 Å². The first kappa shape index (κ1) is 12.6. The van der Waals surface area contributed by atoms with Gasteiger partial charge in [0, 0.05) is 0 Å². The Hall–Kier alpha value is -1.90. The highest BCUT2D eigenvalue weighted by Gasteiger charge is 2.12. The Morgan fingerprint density at radius 1 is 1.33 bits per heavy atom. The van der Waals surface area contributed by atoms with Gasteiger partial charge < -0.3 is 10.5 Å². The first-order valence-electron chi connectivity index (χ1n) is 4.90. The first-order valence-corrected chi connectivity index (χ1v) is 5.98. The maximum Gasteiger partial charge on any atom is 0.278 e. The third kappa shape index (κ3) is 2.86. The van der Waals surface area contributed by atoms with E-state index in [9.17, 15) is 10.1 Å². The van der Waals surface area contributed by atoms with Crippen LogP contribution in [0.4, 0.5) is 11.5 Å². The summed E-state index contributed by atoms with van der Waals surface area (Å²) in [5.41, 5.74) is 5.34. The molecule has 0 unspecified atom stereocenters. The van der Waals surface area contributed by atoms with Gasteiger partial charge >= 0.3 is 0 Å². The van der Waals surface area contributed by atoms with Crippen molar-refractivity contribution in [2.45, 2.75) is 0 Å². The Kier molecular flexibility index (Phi) is 3.60. The fourth-order valence-corrected chi connectivity index (χ4v) is 1.81. The summed E-state index contributed by atoms with van der Waals surface area (Å²) in [5.74, 6) is 0.724. The van der Waals surface area contributed by atoms with E-state index in [4.69, 9.17) is 10.5 Å². The first-order chi connectivity index (χ1) is 8.56. The molecule has 0 saturated carbocycles. The van der Waals surface area contributed by atoms with E-state index < -0.39 is 4.92 Å². The van der Waals surface area contributed by atoms with E-state index in [-0.39, 0.29) is 17.4 Å². The van der Waals surface area contributed by atoms with E-state index in [1.54, 1.807) is 12.1 Å². The number of pyridine rings is 1. The molecule has 0 bridgehead atoms.